The van der Waals surface area contributed by atoms with E-state index in [1.807, 2.05) is 19.2 Å². The van der Waals surface area contributed by atoms with Crippen LogP contribution in [0.15, 0.2) is 35.3 Å². The highest BCUT2D eigenvalue weighted by Gasteiger charge is 2.12. The van der Waals surface area contributed by atoms with E-state index < -0.39 is 0 Å². The van der Waals surface area contributed by atoms with Gasteiger partial charge in [-0.25, -0.2) is 0 Å². The minimum absolute atomic E-state index is 0.161. The number of rotatable bonds is 2. The molecule has 2 rings (SSSR count). The first-order valence-electron chi connectivity index (χ1n) is 4.04. The third-order valence-electron chi connectivity index (χ3n) is 2.08. The van der Waals surface area contributed by atoms with Crippen LogP contribution in [0.25, 0.3) is 0 Å². The van der Waals surface area contributed by atoms with Gasteiger partial charge in [0.15, 0.2) is 0 Å². The molecule has 0 amide bonds. The molecule has 0 spiro atoms. The van der Waals surface area contributed by atoms with E-state index in [2.05, 4.69) is 5.10 Å². The van der Waals surface area contributed by atoms with Crippen LogP contribution < -0.4 is 5.73 Å². The highest BCUT2D eigenvalue weighted by molar-refractivity contribution is 5.22. The van der Waals surface area contributed by atoms with Crippen LogP contribution in [0.3, 0.4) is 0 Å². The molecule has 2 heterocycles. The quantitative estimate of drug-likeness (QED) is 0.746. The molecule has 68 valence electrons. The molecule has 4 nitrogen and oxygen atoms in total. The number of nitrogens with two attached hydrogens (primary N) is 1. The summed E-state index contributed by atoms with van der Waals surface area (Å²) in [6, 6.07) is 3.60. The van der Waals surface area contributed by atoms with Gasteiger partial charge in [0.25, 0.3) is 0 Å². The van der Waals surface area contributed by atoms with Gasteiger partial charge in [-0.1, -0.05) is 0 Å². The first-order valence-corrected chi connectivity index (χ1v) is 4.04. The van der Waals surface area contributed by atoms with Gasteiger partial charge in [-0.15, -0.1) is 0 Å². The number of hydrogen-bond acceptors (Lipinski definition) is 3. The number of aromatic nitrogens is 2. The lowest BCUT2D eigenvalue weighted by atomic mass is 10.1. The molecule has 0 aliphatic carbocycles. The number of aryl methyl sites for hydroxylation is 1. The Morgan fingerprint density at radius 3 is 2.92 bits per heavy atom. The Kier molecular flexibility index (Phi) is 1.90. The smallest absolute Gasteiger partial charge is 0.0954 e. The van der Waals surface area contributed by atoms with E-state index >= 15 is 0 Å². The molecule has 1 atom stereocenters. The summed E-state index contributed by atoms with van der Waals surface area (Å²) >= 11 is 0. The summed E-state index contributed by atoms with van der Waals surface area (Å²) < 4.78 is 6.73. The Labute approximate surface area is 76.0 Å². The van der Waals surface area contributed by atoms with Crippen molar-refractivity contribution in [3.8, 4) is 0 Å². The van der Waals surface area contributed by atoms with E-state index in [1.54, 1.807) is 23.4 Å². The molecule has 0 aromatic carbocycles. The van der Waals surface area contributed by atoms with Gasteiger partial charge in [-0.05, 0) is 12.1 Å². The van der Waals surface area contributed by atoms with Crippen molar-refractivity contribution in [2.75, 3.05) is 0 Å². The van der Waals surface area contributed by atoms with Crippen molar-refractivity contribution in [1.82, 2.24) is 9.78 Å². The van der Waals surface area contributed by atoms with Crippen molar-refractivity contribution in [3.05, 3.63) is 42.1 Å². The average molecular weight is 177 g/mol. The van der Waals surface area contributed by atoms with Crippen LogP contribution in [0.4, 0.5) is 0 Å². The first-order chi connectivity index (χ1) is 6.29. The van der Waals surface area contributed by atoms with Crippen molar-refractivity contribution < 1.29 is 4.42 Å². The van der Waals surface area contributed by atoms with Crippen LogP contribution in [-0.2, 0) is 7.05 Å². The third kappa shape index (κ3) is 1.36. The third-order valence-corrected chi connectivity index (χ3v) is 2.08. The zero-order valence-corrected chi connectivity index (χ0v) is 7.34. The minimum Gasteiger partial charge on any atom is -0.472 e. The molecular formula is C9H11N3O. The van der Waals surface area contributed by atoms with Gasteiger partial charge in [0.2, 0.25) is 0 Å². The average Bonchev–Trinajstić information content (AvgIpc) is 2.72. The maximum atomic E-state index is 5.99. The number of nitrogens with zero attached hydrogens (tertiary/aromatic N) is 2. The highest BCUT2D eigenvalue weighted by Crippen LogP contribution is 2.18. The Morgan fingerprint density at radius 2 is 2.38 bits per heavy atom. The van der Waals surface area contributed by atoms with Crippen LogP contribution in [0.1, 0.15) is 17.3 Å². The maximum Gasteiger partial charge on any atom is 0.0954 e. The monoisotopic (exact) mass is 177 g/mol. The summed E-state index contributed by atoms with van der Waals surface area (Å²) in [5, 5.41) is 4.05. The van der Waals surface area contributed by atoms with Gasteiger partial charge in [-0.2, -0.15) is 5.10 Å². The topological polar surface area (TPSA) is 57.0 Å². The molecule has 2 aromatic rings. The van der Waals surface area contributed by atoms with Gasteiger partial charge in [0, 0.05) is 18.8 Å². The second-order valence-corrected chi connectivity index (χ2v) is 2.91. The highest BCUT2D eigenvalue weighted by atomic mass is 16.3. The SMILES string of the molecule is Cn1nccc1C(N)c1ccoc1. The lowest BCUT2D eigenvalue weighted by Gasteiger charge is -2.08. The minimum atomic E-state index is -0.161. The molecular weight excluding hydrogens is 166 g/mol. The van der Waals surface area contributed by atoms with E-state index in [0.29, 0.717) is 0 Å². The fourth-order valence-corrected chi connectivity index (χ4v) is 1.31. The second-order valence-electron chi connectivity index (χ2n) is 2.91. The lowest BCUT2D eigenvalue weighted by Crippen LogP contribution is -2.15. The fraction of sp³-hybridized carbons (Fsp3) is 0.222. The van der Waals surface area contributed by atoms with Gasteiger partial charge in [0.05, 0.1) is 24.3 Å². The van der Waals surface area contributed by atoms with Crippen LogP contribution in [0.2, 0.25) is 0 Å². The largest absolute Gasteiger partial charge is 0.472 e. The molecule has 0 radical (unpaired) electrons. The standard InChI is InChI=1S/C9H11N3O/c1-12-8(2-4-11-12)9(10)7-3-5-13-6-7/h2-6,9H,10H2,1H3. The lowest BCUT2D eigenvalue weighted by molar-refractivity contribution is 0.560. The molecule has 0 saturated heterocycles. The summed E-state index contributed by atoms with van der Waals surface area (Å²) in [4.78, 5) is 0. The van der Waals surface area contributed by atoms with Crippen molar-refractivity contribution in [1.29, 1.82) is 0 Å². The Balaban J connectivity index is 2.33. The van der Waals surface area contributed by atoms with Crippen LogP contribution in [-0.4, -0.2) is 9.78 Å². The van der Waals surface area contributed by atoms with E-state index in [0.717, 1.165) is 11.3 Å². The summed E-state index contributed by atoms with van der Waals surface area (Å²) in [6.45, 7) is 0. The zero-order valence-electron chi connectivity index (χ0n) is 7.34. The second kappa shape index (κ2) is 3.06. The zero-order chi connectivity index (χ0) is 9.26. The molecule has 0 saturated carbocycles. The first kappa shape index (κ1) is 8.07. The van der Waals surface area contributed by atoms with Gasteiger partial charge in [0.1, 0.15) is 0 Å². The normalized spacial score (nSPS) is 13.1. The number of furan rings is 1. The van der Waals surface area contributed by atoms with E-state index in [9.17, 15) is 0 Å². The molecule has 1 unspecified atom stereocenters. The van der Waals surface area contributed by atoms with Crippen molar-refractivity contribution in [3.63, 3.8) is 0 Å². The van der Waals surface area contributed by atoms with Gasteiger partial charge in [-0.3, -0.25) is 4.68 Å². The summed E-state index contributed by atoms with van der Waals surface area (Å²) in [6.07, 6.45) is 5.00. The molecule has 13 heavy (non-hydrogen) atoms. The summed E-state index contributed by atoms with van der Waals surface area (Å²) in [5.41, 5.74) is 7.92. The molecule has 2 aromatic heterocycles. The Morgan fingerprint density at radius 1 is 1.54 bits per heavy atom. The van der Waals surface area contributed by atoms with Crippen molar-refractivity contribution in [2.45, 2.75) is 6.04 Å². The predicted octanol–water partition coefficient (Wildman–Crippen LogP) is 1.06. The summed E-state index contributed by atoms with van der Waals surface area (Å²) in [7, 11) is 1.87. The molecule has 0 aliphatic rings. The van der Waals surface area contributed by atoms with Crippen LogP contribution >= 0.6 is 0 Å². The van der Waals surface area contributed by atoms with E-state index in [4.69, 9.17) is 10.2 Å². The molecule has 4 heteroatoms. The predicted molar refractivity (Wildman–Crippen MR) is 47.9 cm³/mol. The van der Waals surface area contributed by atoms with Crippen LogP contribution in [0.5, 0.6) is 0 Å². The van der Waals surface area contributed by atoms with E-state index in [1.165, 1.54) is 0 Å². The van der Waals surface area contributed by atoms with Crippen molar-refractivity contribution >= 4 is 0 Å². The maximum absolute atomic E-state index is 5.99. The van der Waals surface area contributed by atoms with Crippen molar-refractivity contribution in [2.24, 2.45) is 12.8 Å². The van der Waals surface area contributed by atoms with Gasteiger partial charge < -0.3 is 10.2 Å². The molecule has 2 N–H and O–H groups in total. The Bertz CT molecular complexity index is 377. The molecule has 0 bridgehead atoms. The van der Waals surface area contributed by atoms with Crippen LogP contribution in [0, 0.1) is 0 Å². The summed E-state index contributed by atoms with van der Waals surface area (Å²) in [5.74, 6) is 0. The Hall–Kier alpha value is -1.55. The fourth-order valence-electron chi connectivity index (χ4n) is 1.31. The number of hydrogen-bond donors (Lipinski definition) is 1. The molecule has 0 aliphatic heterocycles. The van der Waals surface area contributed by atoms with E-state index in [-0.39, 0.29) is 6.04 Å². The van der Waals surface area contributed by atoms with Gasteiger partial charge >= 0.3 is 0 Å². The molecule has 0 fully saturated rings.